The lowest BCUT2D eigenvalue weighted by molar-refractivity contribution is 0.214. The van der Waals surface area contributed by atoms with E-state index >= 15 is 0 Å². The second kappa shape index (κ2) is 6.91. The van der Waals surface area contributed by atoms with Crippen LogP contribution in [0, 0.1) is 0 Å². The number of halogens is 1. The molecule has 0 aliphatic heterocycles. The molecule has 0 saturated carbocycles. The molecule has 0 bridgehead atoms. The van der Waals surface area contributed by atoms with Crippen LogP contribution in [0.5, 0.6) is 5.75 Å². The summed E-state index contributed by atoms with van der Waals surface area (Å²) in [7, 11) is 0. The highest BCUT2D eigenvalue weighted by Gasteiger charge is 2.12. The van der Waals surface area contributed by atoms with Gasteiger partial charge in [0.05, 0.1) is 0 Å². The Morgan fingerprint density at radius 2 is 1.75 bits per heavy atom. The predicted molar refractivity (Wildman–Crippen MR) is 87.1 cm³/mol. The van der Waals surface area contributed by atoms with Crippen molar-refractivity contribution in [1.82, 2.24) is 0 Å². The lowest BCUT2D eigenvalue weighted by Crippen LogP contribution is -2.18. The van der Waals surface area contributed by atoms with Crippen LogP contribution in [0.3, 0.4) is 0 Å². The molecule has 3 heteroatoms. The van der Waals surface area contributed by atoms with Gasteiger partial charge in [-0.1, -0.05) is 54.0 Å². The van der Waals surface area contributed by atoms with E-state index in [0.717, 1.165) is 15.8 Å². The van der Waals surface area contributed by atoms with E-state index in [-0.39, 0.29) is 6.10 Å². The average molecular weight is 334 g/mol. The first-order valence-electron chi connectivity index (χ1n) is 6.82. The van der Waals surface area contributed by atoms with Gasteiger partial charge in [-0.05, 0) is 41.3 Å². The van der Waals surface area contributed by atoms with Crippen molar-refractivity contribution in [2.75, 3.05) is 6.54 Å². The maximum atomic E-state index is 6.04. The molecule has 0 fully saturated rings. The van der Waals surface area contributed by atoms with Crippen LogP contribution in [-0.2, 0) is 0 Å². The number of rotatable bonds is 5. The third-order valence-electron chi connectivity index (χ3n) is 3.26. The van der Waals surface area contributed by atoms with Crippen molar-refractivity contribution < 1.29 is 4.74 Å². The number of benzene rings is 2. The molecule has 20 heavy (non-hydrogen) atoms. The van der Waals surface area contributed by atoms with Gasteiger partial charge in [0.15, 0.2) is 0 Å². The van der Waals surface area contributed by atoms with E-state index in [1.807, 2.05) is 36.4 Å². The summed E-state index contributed by atoms with van der Waals surface area (Å²) in [5, 5.41) is 0. The zero-order valence-corrected chi connectivity index (χ0v) is 13.4. The second-order valence-electron chi connectivity index (χ2n) is 5.12. The Labute approximate surface area is 129 Å². The van der Waals surface area contributed by atoms with Gasteiger partial charge in [-0.25, -0.2) is 0 Å². The van der Waals surface area contributed by atoms with Crippen LogP contribution in [0.2, 0.25) is 0 Å². The standard InChI is InChI=1S/C17H20BrNO/c1-12(2)14-4-3-5-16(10-14)20-17(11-19)13-6-8-15(18)9-7-13/h3-10,12,17H,11,19H2,1-2H3. The van der Waals surface area contributed by atoms with Gasteiger partial charge in [0.1, 0.15) is 11.9 Å². The first kappa shape index (κ1) is 15.1. The molecule has 0 aromatic heterocycles. The number of hydrogen-bond acceptors (Lipinski definition) is 2. The van der Waals surface area contributed by atoms with Crippen LogP contribution < -0.4 is 10.5 Å². The Bertz CT molecular complexity index is 551. The molecule has 0 spiro atoms. The Kier molecular flexibility index (Phi) is 5.21. The molecule has 0 saturated heterocycles. The molecule has 1 atom stereocenters. The topological polar surface area (TPSA) is 35.2 Å². The monoisotopic (exact) mass is 333 g/mol. The molecule has 2 aromatic rings. The molecule has 2 N–H and O–H groups in total. The maximum absolute atomic E-state index is 6.04. The largest absolute Gasteiger partial charge is 0.484 e. The molecule has 106 valence electrons. The molecule has 2 rings (SSSR count). The predicted octanol–water partition coefficient (Wildman–Crippen LogP) is 4.65. The molecule has 0 aliphatic rings. The van der Waals surface area contributed by atoms with E-state index in [2.05, 4.69) is 41.9 Å². The van der Waals surface area contributed by atoms with Crippen molar-refractivity contribution in [2.45, 2.75) is 25.9 Å². The minimum Gasteiger partial charge on any atom is -0.484 e. The van der Waals surface area contributed by atoms with Crippen molar-refractivity contribution in [3.05, 3.63) is 64.1 Å². The van der Waals surface area contributed by atoms with E-state index in [9.17, 15) is 0 Å². The number of nitrogens with two attached hydrogens (primary N) is 1. The zero-order chi connectivity index (χ0) is 14.5. The van der Waals surface area contributed by atoms with E-state index in [1.54, 1.807) is 0 Å². The first-order valence-corrected chi connectivity index (χ1v) is 7.61. The van der Waals surface area contributed by atoms with Crippen molar-refractivity contribution >= 4 is 15.9 Å². The highest BCUT2D eigenvalue weighted by atomic mass is 79.9. The molecule has 0 amide bonds. The summed E-state index contributed by atoms with van der Waals surface area (Å²) >= 11 is 3.44. The quantitative estimate of drug-likeness (QED) is 0.864. The van der Waals surface area contributed by atoms with Gasteiger partial charge in [-0.15, -0.1) is 0 Å². The van der Waals surface area contributed by atoms with Crippen LogP contribution in [0.4, 0.5) is 0 Å². The summed E-state index contributed by atoms with van der Waals surface area (Å²) in [6, 6.07) is 16.3. The van der Waals surface area contributed by atoms with E-state index in [0.29, 0.717) is 12.5 Å². The molecule has 2 aromatic carbocycles. The summed E-state index contributed by atoms with van der Waals surface area (Å²) in [5.41, 5.74) is 8.21. The molecule has 0 radical (unpaired) electrons. The van der Waals surface area contributed by atoms with E-state index in [1.165, 1.54) is 5.56 Å². The number of hydrogen-bond donors (Lipinski definition) is 1. The minimum absolute atomic E-state index is 0.120. The summed E-state index contributed by atoms with van der Waals surface area (Å²) in [4.78, 5) is 0. The van der Waals surface area contributed by atoms with Gasteiger partial charge in [0, 0.05) is 11.0 Å². The molecule has 0 heterocycles. The Morgan fingerprint density at radius 1 is 1.05 bits per heavy atom. The van der Waals surface area contributed by atoms with Crippen LogP contribution in [-0.4, -0.2) is 6.54 Å². The molecule has 0 aliphatic carbocycles. The van der Waals surface area contributed by atoms with E-state index < -0.39 is 0 Å². The first-order chi connectivity index (χ1) is 9.60. The Hall–Kier alpha value is -1.32. The second-order valence-corrected chi connectivity index (χ2v) is 6.04. The minimum atomic E-state index is -0.120. The summed E-state index contributed by atoms with van der Waals surface area (Å²) < 4.78 is 7.09. The van der Waals surface area contributed by atoms with Gasteiger partial charge in [0.25, 0.3) is 0 Å². The molecular formula is C17H20BrNO. The molecular weight excluding hydrogens is 314 g/mol. The normalized spacial score (nSPS) is 12.4. The van der Waals surface area contributed by atoms with Gasteiger partial charge >= 0.3 is 0 Å². The fraction of sp³-hybridized carbons (Fsp3) is 0.294. The van der Waals surface area contributed by atoms with Crippen molar-refractivity contribution in [3.63, 3.8) is 0 Å². The van der Waals surface area contributed by atoms with Gasteiger partial charge in [0.2, 0.25) is 0 Å². The summed E-state index contributed by atoms with van der Waals surface area (Å²) in [5.74, 6) is 1.36. The van der Waals surface area contributed by atoms with Gasteiger partial charge in [-0.3, -0.25) is 0 Å². The van der Waals surface area contributed by atoms with E-state index in [4.69, 9.17) is 10.5 Å². The van der Waals surface area contributed by atoms with Crippen molar-refractivity contribution in [1.29, 1.82) is 0 Å². The average Bonchev–Trinajstić information content (AvgIpc) is 2.46. The van der Waals surface area contributed by atoms with Crippen molar-refractivity contribution in [3.8, 4) is 5.75 Å². The number of ether oxygens (including phenoxy) is 1. The third kappa shape index (κ3) is 3.84. The Morgan fingerprint density at radius 3 is 2.35 bits per heavy atom. The van der Waals surface area contributed by atoms with Crippen LogP contribution >= 0.6 is 15.9 Å². The van der Waals surface area contributed by atoms with Gasteiger partial charge in [-0.2, -0.15) is 0 Å². The lowest BCUT2D eigenvalue weighted by atomic mass is 10.0. The Balaban J connectivity index is 2.17. The highest BCUT2D eigenvalue weighted by Crippen LogP contribution is 2.25. The zero-order valence-electron chi connectivity index (χ0n) is 11.8. The smallest absolute Gasteiger partial charge is 0.136 e. The molecule has 1 unspecified atom stereocenters. The third-order valence-corrected chi connectivity index (χ3v) is 3.79. The lowest BCUT2D eigenvalue weighted by Gasteiger charge is -2.19. The van der Waals surface area contributed by atoms with Gasteiger partial charge < -0.3 is 10.5 Å². The SMILES string of the molecule is CC(C)c1cccc(OC(CN)c2ccc(Br)cc2)c1. The van der Waals surface area contributed by atoms with Crippen LogP contribution in [0.1, 0.15) is 37.0 Å². The maximum Gasteiger partial charge on any atom is 0.136 e. The van der Waals surface area contributed by atoms with Crippen LogP contribution in [0.15, 0.2) is 53.0 Å². The summed E-state index contributed by atoms with van der Waals surface area (Å²) in [6.07, 6.45) is -0.120. The fourth-order valence-corrected chi connectivity index (χ4v) is 2.31. The van der Waals surface area contributed by atoms with Crippen LogP contribution in [0.25, 0.3) is 0 Å². The highest BCUT2D eigenvalue weighted by molar-refractivity contribution is 9.10. The summed E-state index contributed by atoms with van der Waals surface area (Å²) in [6.45, 7) is 4.80. The van der Waals surface area contributed by atoms with Crippen molar-refractivity contribution in [2.24, 2.45) is 5.73 Å². The molecule has 2 nitrogen and oxygen atoms in total. The fourth-order valence-electron chi connectivity index (χ4n) is 2.04.